The highest BCUT2D eigenvalue weighted by molar-refractivity contribution is 6.40. The summed E-state index contributed by atoms with van der Waals surface area (Å²) in [5.41, 5.74) is 1.05. The standard InChI is InChI=1S/C14H18Cl2N2O3/c1-7(6-19)9(3)17-13(20)14(21)18-10-4-11(15)8(2)12(16)5-10/h4-5,7,9,19H,6H2,1-3H3,(H,17,20)(H,18,21). The van der Waals surface area contributed by atoms with Crippen LogP contribution < -0.4 is 10.6 Å². The average molecular weight is 333 g/mol. The largest absolute Gasteiger partial charge is 0.396 e. The van der Waals surface area contributed by atoms with Gasteiger partial charge in [0.2, 0.25) is 0 Å². The Labute approximate surface area is 133 Å². The van der Waals surface area contributed by atoms with Crippen molar-refractivity contribution in [1.82, 2.24) is 5.32 Å². The number of halogens is 2. The van der Waals surface area contributed by atoms with Crippen molar-refractivity contribution in [3.05, 3.63) is 27.7 Å². The smallest absolute Gasteiger partial charge is 0.313 e. The van der Waals surface area contributed by atoms with E-state index in [-0.39, 0.29) is 18.6 Å². The van der Waals surface area contributed by atoms with Crippen molar-refractivity contribution >= 4 is 40.7 Å². The van der Waals surface area contributed by atoms with Crippen molar-refractivity contribution in [2.24, 2.45) is 5.92 Å². The van der Waals surface area contributed by atoms with Crippen molar-refractivity contribution in [2.45, 2.75) is 26.8 Å². The van der Waals surface area contributed by atoms with Crippen molar-refractivity contribution in [3.8, 4) is 0 Å². The minimum absolute atomic E-state index is 0.0771. The van der Waals surface area contributed by atoms with Crippen LogP contribution in [-0.4, -0.2) is 29.6 Å². The van der Waals surface area contributed by atoms with Gasteiger partial charge in [-0.15, -0.1) is 0 Å². The number of aliphatic hydroxyl groups excluding tert-OH is 1. The number of benzene rings is 1. The fourth-order valence-electron chi connectivity index (χ4n) is 1.48. The van der Waals surface area contributed by atoms with Crippen LogP contribution in [0, 0.1) is 12.8 Å². The van der Waals surface area contributed by atoms with Gasteiger partial charge in [-0.1, -0.05) is 30.1 Å². The lowest BCUT2D eigenvalue weighted by Crippen LogP contribution is -2.44. The topological polar surface area (TPSA) is 78.4 Å². The zero-order valence-corrected chi connectivity index (χ0v) is 13.5. The molecule has 5 nitrogen and oxygen atoms in total. The van der Waals surface area contributed by atoms with Gasteiger partial charge in [-0.05, 0) is 37.5 Å². The summed E-state index contributed by atoms with van der Waals surface area (Å²) in [6.45, 7) is 5.15. The van der Waals surface area contributed by atoms with E-state index >= 15 is 0 Å². The van der Waals surface area contributed by atoms with Gasteiger partial charge < -0.3 is 15.7 Å². The number of hydrogen-bond donors (Lipinski definition) is 3. The maximum absolute atomic E-state index is 11.8. The first-order valence-corrected chi connectivity index (χ1v) is 7.20. The molecule has 1 aromatic carbocycles. The van der Waals surface area contributed by atoms with Gasteiger partial charge in [0.1, 0.15) is 0 Å². The van der Waals surface area contributed by atoms with Crippen molar-refractivity contribution < 1.29 is 14.7 Å². The first kappa shape index (κ1) is 17.8. The summed E-state index contributed by atoms with van der Waals surface area (Å²) < 4.78 is 0. The summed E-state index contributed by atoms with van der Waals surface area (Å²) in [6, 6.07) is 2.72. The highest BCUT2D eigenvalue weighted by Gasteiger charge is 2.20. The maximum Gasteiger partial charge on any atom is 0.313 e. The molecule has 0 aliphatic rings. The molecular formula is C14H18Cl2N2O3. The Hall–Kier alpha value is -1.30. The molecule has 0 aliphatic heterocycles. The number of anilines is 1. The summed E-state index contributed by atoms with van der Waals surface area (Å²) in [4.78, 5) is 23.5. The summed E-state index contributed by atoms with van der Waals surface area (Å²) in [6.07, 6.45) is 0. The monoisotopic (exact) mass is 332 g/mol. The van der Waals surface area contributed by atoms with Gasteiger partial charge >= 0.3 is 11.8 Å². The summed E-state index contributed by atoms with van der Waals surface area (Å²) in [5.74, 6) is -1.75. The first-order valence-electron chi connectivity index (χ1n) is 6.44. The molecule has 21 heavy (non-hydrogen) atoms. The Balaban J connectivity index is 2.71. The molecule has 1 rings (SSSR count). The van der Waals surface area contributed by atoms with E-state index in [4.69, 9.17) is 28.3 Å². The Morgan fingerprint density at radius 2 is 1.71 bits per heavy atom. The molecule has 1 aromatic rings. The van der Waals surface area contributed by atoms with Gasteiger partial charge in [0.25, 0.3) is 0 Å². The SMILES string of the molecule is Cc1c(Cl)cc(NC(=O)C(=O)NC(C)C(C)CO)cc1Cl. The third-order valence-electron chi connectivity index (χ3n) is 3.25. The molecule has 116 valence electrons. The second-order valence-corrected chi connectivity index (χ2v) is 5.76. The van der Waals surface area contributed by atoms with Gasteiger partial charge in [-0.2, -0.15) is 0 Å². The van der Waals surface area contributed by atoms with E-state index in [1.165, 1.54) is 12.1 Å². The van der Waals surface area contributed by atoms with Crippen LogP contribution in [0.25, 0.3) is 0 Å². The second kappa shape index (κ2) is 7.64. The molecule has 0 spiro atoms. The molecular weight excluding hydrogens is 315 g/mol. The normalized spacial score (nSPS) is 13.4. The van der Waals surface area contributed by atoms with Crippen LogP contribution in [-0.2, 0) is 9.59 Å². The molecule has 2 amide bonds. The van der Waals surface area contributed by atoms with Crippen LogP contribution in [0.15, 0.2) is 12.1 Å². The zero-order valence-electron chi connectivity index (χ0n) is 12.0. The highest BCUT2D eigenvalue weighted by atomic mass is 35.5. The molecule has 2 unspecified atom stereocenters. The first-order chi connectivity index (χ1) is 9.76. The lowest BCUT2D eigenvalue weighted by atomic mass is 10.1. The Morgan fingerprint density at radius 3 is 2.19 bits per heavy atom. The Bertz CT molecular complexity index is 526. The summed E-state index contributed by atoms with van der Waals surface area (Å²) >= 11 is 11.9. The maximum atomic E-state index is 11.8. The Morgan fingerprint density at radius 1 is 1.19 bits per heavy atom. The van der Waals surface area contributed by atoms with E-state index in [0.717, 1.165) is 0 Å². The molecule has 0 saturated carbocycles. The zero-order chi connectivity index (χ0) is 16.2. The molecule has 0 fully saturated rings. The molecule has 0 bridgehead atoms. The van der Waals surface area contributed by atoms with Crippen LogP contribution in [0.4, 0.5) is 5.69 Å². The fraction of sp³-hybridized carbons (Fsp3) is 0.429. The minimum Gasteiger partial charge on any atom is -0.396 e. The average Bonchev–Trinajstić information content (AvgIpc) is 2.43. The van der Waals surface area contributed by atoms with Crippen LogP contribution in [0.1, 0.15) is 19.4 Å². The fourth-order valence-corrected chi connectivity index (χ4v) is 1.97. The number of carbonyl (C=O) groups is 2. The number of hydrogen-bond acceptors (Lipinski definition) is 3. The van der Waals surface area contributed by atoms with Crippen molar-refractivity contribution in [1.29, 1.82) is 0 Å². The molecule has 7 heteroatoms. The van der Waals surface area contributed by atoms with E-state index in [0.29, 0.717) is 21.3 Å². The number of amides is 2. The van der Waals surface area contributed by atoms with Crippen LogP contribution in [0.5, 0.6) is 0 Å². The van der Waals surface area contributed by atoms with Gasteiger partial charge in [0, 0.05) is 28.4 Å². The second-order valence-electron chi connectivity index (χ2n) is 4.94. The van der Waals surface area contributed by atoms with Gasteiger partial charge in [0.05, 0.1) is 0 Å². The van der Waals surface area contributed by atoms with Gasteiger partial charge in [0.15, 0.2) is 0 Å². The van der Waals surface area contributed by atoms with Gasteiger partial charge in [-0.25, -0.2) is 0 Å². The number of nitrogens with one attached hydrogen (secondary N) is 2. The third kappa shape index (κ3) is 4.88. The predicted molar refractivity (Wildman–Crippen MR) is 83.7 cm³/mol. The van der Waals surface area contributed by atoms with E-state index in [2.05, 4.69) is 10.6 Å². The molecule has 0 radical (unpaired) electrons. The van der Waals surface area contributed by atoms with E-state index in [9.17, 15) is 9.59 Å². The van der Waals surface area contributed by atoms with Crippen molar-refractivity contribution in [3.63, 3.8) is 0 Å². The van der Waals surface area contributed by atoms with Crippen LogP contribution in [0.3, 0.4) is 0 Å². The molecule has 0 aromatic heterocycles. The van der Waals surface area contributed by atoms with E-state index in [1.807, 2.05) is 0 Å². The number of aliphatic hydroxyl groups is 1. The molecule has 3 N–H and O–H groups in total. The van der Waals surface area contributed by atoms with Crippen LogP contribution >= 0.6 is 23.2 Å². The lowest BCUT2D eigenvalue weighted by Gasteiger charge is -2.18. The van der Waals surface area contributed by atoms with Crippen LogP contribution in [0.2, 0.25) is 10.0 Å². The number of carbonyl (C=O) groups excluding carboxylic acids is 2. The van der Waals surface area contributed by atoms with Gasteiger partial charge in [-0.3, -0.25) is 9.59 Å². The summed E-state index contributed by atoms with van der Waals surface area (Å²) in [7, 11) is 0. The molecule has 0 heterocycles. The quantitative estimate of drug-likeness (QED) is 0.740. The third-order valence-corrected chi connectivity index (χ3v) is 4.03. The number of rotatable bonds is 4. The highest BCUT2D eigenvalue weighted by Crippen LogP contribution is 2.28. The lowest BCUT2D eigenvalue weighted by molar-refractivity contribution is -0.136. The molecule has 2 atom stereocenters. The molecule has 0 aliphatic carbocycles. The molecule has 0 saturated heterocycles. The van der Waals surface area contributed by atoms with E-state index < -0.39 is 11.8 Å². The Kier molecular flexibility index (Phi) is 6.45. The minimum atomic E-state index is -0.817. The summed E-state index contributed by atoms with van der Waals surface area (Å²) in [5, 5.41) is 14.7. The predicted octanol–water partition coefficient (Wildman–Crippen LogP) is 2.37. The van der Waals surface area contributed by atoms with Crippen molar-refractivity contribution in [2.75, 3.05) is 11.9 Å². The van der Waals surface area contributed by atoms with E-state index in [1.54, 1.807) is 20.8 Å².